The van der Waals surface area contributed by atoms with E-state index in [0.29, 0.717) is 10.6 Å². The number of amides is 1. The van der Waals surface area contributed by atoms with Crippen LogP contribution in [0.25, 0.3) is 0 Å². The number of hydrogen-bond donors (Lipinski definition) is 1. The summed E-state index contributed by atoms with van der Waals surface area (Å²) in [5, 5.41) is 10.1. The largest absolute Gasteiger partial charge is 0.394 e. The molecule has 1 N–H and O–H groups in total. The number of aryl methyl sites for hydroxylation is 1. The summed E-state index contributed by atoms with van der Waals surface area (Å²) in [6.45, 7) is 2.66. The number of halogens is 1. The number of carbonyl (C=O) groups excluding carboxylic acids is 1. The zero-order chi connectivity index (χ0) is 13.8. The van der Waals surface area contributed by atoms with Gasteiger partial charge >= 0.3 is 0 Å². The molecule has 3 nitrogen and oxygen atoms in total. The fourth-order valence-electron chi connectivity index (χ4n) is 2.58. The van der Waals surface area contributed by atoms with Crippen molar-refractivity contribution in [2.75, 3.05) is 13.2 Å². The Morgan fingerprint density at radius 1 is 1.42 bits per heavy atom. The van der Waals surface area contributed by atoms with E-state index < -0.39 is 0 Å². The zero-order valence-electron chi connectivity index (χ0n) is 11.2. The van der Waals surface area contributed by atoms with Crippen LogP contribution in [0.15, 0.2) is 18.2 Å². The fraction of sp³-hybridized carbons (Fsp3) is 0.533. The lowest BCUT2D eigenvalue weighted by atomic mass is 10.1. The molecule has 1 fully saturated rings. The van der Waals surface area contributed by atoms with Gasteiger partial charge in [0.15, 0.2) is 0 Å². The maximum atomic E-state index is 12.6. The molecule has 0 spiro atoms. The minimum atomic E-state index is -0.0500. The van der Waals surface area contributed by atoms with Gasteiger partial charge < -0.3 is 10.0 Å². The molecule has 0 saturated carbocycles. The average molecular weight is 282 g/mol. The smallest absolute Gasteiger partial charge is 0.254 e. The van der Waals surface area contributed by atoms with E-state index in [4.69, 9.17) is 11.6 Å². The number of rotatable bonds is 2. The van der Waals surface area contributed by atoms with Gasteiger partial charge in [-0.15, -0.1) is 0 Å². The van der Waals surface area contributed by atoms with Gasteiger partial charge in [-0.3, -0.25) is 4.79 Å². The van der Waals surface area contributed by atoms with E-state index in [-0.39, 0.29) is 18.6 Å². The number of hydrogen-bond acceptors (Lipinski definition) is 2. The number of nitrogens with zero attached hydrogens (tertiary/aromatic N) is 1. The van der Waals surface area contributed by atoms with Crippen LogP contribution >= 0.6 is 11.6 Å². The summed E-state index contributed by atoms with van der Waals surface area (Å²) in [4.78, 5) is 14.4. The van der Waals surface area contributed by atoms with Crippen LogP contribution in [-0.4, -0.2) is 35.1 Å². The molecule has 1 atom stereocenters. The van der Waals surface area contributed by atoms with Gasteiger partial charge in [-0.05, 0) is 43.5 Å². The summed E-state index contributed by atoms with van der Waals surface area (Å²) >= 11 is 5.99. The summed E-state index contributed by atoms with van der Waals surface area (Å²) in [5.41, 5.74) is 1.56. The van der Waals surface area contributed by atoms with Crippen LogP contribution in [0.1, 0.15) is 41.6 Å². The molecule has 104 valence electrons. The summed E-state index contributed by atoms with van der Waals surface area (Å²) in [6, 6.07) is 5.29. The van der Waals surface area contributed by atoms with Crippen LogP contribution in [0, 0.1) is 6.92 Å². The number of carbonyl (C=O) groups is 1. The van der Waals surface area contributed by atoms with Gasteiger partial charge in [0.25, 0.3) is 5.91 Å². The van der Waals surface area contributed by atoms with E-state index in [1.807, 2.05) is 17.9 Å². The molecule has 1 aromatic carbocycles. The van der Waals surface area contributed by atoms with Crippen LogP contribution < -0.4 is 0 Å². The summed E-state index contributed by atoms with van der Waals surface area (Å²) in [7, 11) is 0. The molecule has 0 radical (unpaired) electrons. The second-order valence-electron chi connectivity index (χ2n) is 5.15. The maximum absolute atomic E-state index is 12.6. The highest BCUT2D eigenvalue weighted by molar-refractivity contribution is 6.31. The lowest BCUT2D eigenvalue weighted by Crippen LogP contribution is -2.42. The maximum Gasteiger partial charge on any atom is 0.254 e. The molecule has 1 heterocycles. The quantitative estimate of drug-likeness (QED) is 0.905. The predicted molar refractivity (Wildman–Crippen MR) is 76.6 cm³/mol. The van der Waals surface area contributed by atoms with Crippen molar-refractivity contribution >= 4 is 17.5 Å². The molecule has 1 aromatic rings. The molecule has 0 bridgehead atoms. The Morgan fingerprint density at radius 3 is 2.89 bits per heavy atom. The number of aliphatic hydroxyl groups excluding tert-OH is 1. The molecule has 2 rings (SSSR count). The second-order valence-corrected chi connectivity index (χ2v) is 5.56. The molecule has 1 unspecified atom stereocenters. The van der Waals surface area contributed by atoms with Crippen molar-refractivity contribution in [2.45, 2.75) is 38.6 Å². The molecule has 1 aliphatic heterocycles. The molecular weight excluding hydrogens is 262 g/mol. The molecule has 0 aliphatic carbocycles. The van der Waals surface area contributed by atoms with Crippen molar-refractivity contribution in [3.8, 4) is 0 Å². The Balaban J connectivity index is 2.22. The Labute approximate surface area is 119 Å². The molecule has 1 saturated heterocycles. The number of benzene rings is 1. The molecule has 1 amide bonds. The molecular formula is C15H20ClNO2. The van der Waals surface area contributed by atoms with Gasteiger partial charge in [0.2, 0.25) is 0 Å². The Hall–Kier alpha value is -1.06. The van der Waals surface area contributed by atoms with Crippen molar-refractivity contribution in [3.63, 3.8) is 0 Å². The molecule has 19 heavy (non-hydrogen) atoms. The topological polar surface area (TPSA) is 40.5 Å². The van der Waals surface area contributed by atoms with E-state index >= 15 is 0 Å². The molecule has 1 aliphatic rings. The third-order valence-electron chi connectivity index (χ3n) is 3.75. The standard InChI is InChI=1S/C15H20ClNO2/c1-11-9-12(6-7-14(11)16)15(19)17-8-4-2-3-5-13(17)10-18/h6-7,9,13,18H,2-5,8,10H2,1H3. The van der Waals surface area contributed by atoms with Crippen molar-refractivity contribution in [2.24, 2.45) is 0 Å². The van der Waals surface area contributed by atoms with E-state index in [2.05, 4.69) is 0 Å². The van der Waals surface area contributed by atoms with Crippen LogP contribution in [-0.2, 0) is 0 Å². The Bertz CT molecular complexity index is 461. The first-order chi connectivity index (χ1) is 9.13. The Kier molecular flexibility index (Phi) is 4.83. The van der Waals surface area contributed by atoms with Gasteiger partial charge in [-0.2, -0.15) is 0 Å². The highest BCUT2D eigenvalue weighted by Crippen LogP contribution is 2.21. The summed E-state index contributed by atoms with van der Waals surface area (Å²) in [6.07, 6.45) is 4.10. The first-order valence-corrected chi connectivity index (χ1v) is 7.19. The summed E-state index contributed by atoms with van der Waals surface area (Å²) < 4.78 is 0. The van der Waals surface area contributed by atoms with Crippen LogP contribution in [0.2, 0.25) is 5.02 Å². The second kappa shape index (κ2) is 6.40. The Morgan fingerprint density at radius 2 is 2.21 bits per heavy atom. The molecule has 0 aromatic heterocycles. The lowest BCUT2D eigenvalue weighted by Gasteiger charge is -2.28. The average Bonchev–Trinajstić information content (AvgIpc) is 2.66. The minimum absolute atomic E-state index is 0.000664. The lowest BCUT2D eigenvalue weighted by molar-refractivity contribution is 0.0599. The van der Waals surface area contributed by atoms with Crippen LogP contribution in [0.4, 0.5) is 0 Å². The van der Waals surface area contributed by atoms with E-state index in [0.717, 1.165) is 37.8 Å². The van der Waals surface area contributed by atoms with Gasteiger partial charge in [-0.1, -0.05) is 24.4 Å². The number of aliphatic hydroxyl groups is 1. The van der Waals surface area contributed by atoms with Crippen LogP contribution in [0.5, 0.6) is 0 Å². The van der Waals surface area contributed by atoms with Crippen molar-refractivity contribution in [1.29, 1.82) is 0 Å². The van der Waals surface area contributed by atoms with E-state index in [9.17, 15) is 9.90 Å². The third-order valence-corrected chi connectivity index (χ3v) is 4.18. The molecule has 4 heteroatoms. The summed E-state index contributed by atoms with van der Waals surface area (Å²) in [5.74, 6) is 0.000664. The van der Waals surface area contributed by atoms with E-state index in [1.165, 1.54) is 0 Å². The van der Waals surface area contributed by atoms with Gasteiger partial charge in [0.05, 0.1) is 12.6 Å². The van der Waals surface area contributed by atoms with Crippen LogP contribution in [0.3, 0.4) is 0 Å². The first-order valence-electron chi connectivity index (χ1n) is 6.81. The number of likely N-dealkylation sites (tertiary alicyclic amines) is 1. The van der Waals surface area contributed by atoms with Crippen molar-refractivity contribution in [1.82, 2.24) is 4.90 Å². The van der Waals surface area contributed by atoms with Crippen molar-refractivity contribution < 1.29 is 9.90 Å². The predicted octanol–water partition coefficient (Wildman–Crippen LogP) is 3.03. The highest BCUT2D eigenvalue weighted by atomic mass is 35.5. The van der Waals surface area contributed by atoms with Gasteiger partial charge in [0, 0.05) is 17.1 Å². The third kappa shape index (κ3) is 3.28. The zero-order valence-corrected chi connectivity index (χ0v) is 12.0. The van der Waals surface area contributed by atoms with Gasteiger partial charge in [0.1, 0.15) is 0 Å². The minimum Gasteiger partial charge on any atom is -0.394 e. The van der Waals surface area contributed by atoms with Crippen molar-refractivity contribution in [3.05, 3.63) is 34.3 Å². The highest BCUT2D eigenvalue weighted by Gasteiger charge is 2.25. The van der Waals surface area contributed by atoms with E-state index in [1.54, 1.807) is 12.1 Å². The fourth-order valence-corrected chi connectivity index (χ4v) is 2.70. The first kappa shape index (κ1) is 14.4. The van der Waals surface area contributed by atoms with Gasteiger partial charge in [-0.25, -0.2) is 0 Å². The SMILES string of the molecule is Cc1cc(C(=O)N2CCCCCC2CO)ccc1Cl. The normalized spacial score (nSPS) is 20.2. The monoisotopic (exact) mass is 281 g/mol.